The van der Waals surface area contributed by atoms with Gasteiger partial charge < -0.3 is 19.3 Å². The number of aliphatic carboxylic acids is 1. The van der Waals surface area contributed by atoms with E-state index in [2.05, 4.69) is 6.58 Å². The van der Waals surface area contributed by atoms with Gasteiger partial charge in [0.15, 0.2) is 0 Å². The van der Waals surface area contributed by atoms with Crippen molar-refractivity contribution in [3.63, 3.8) is 0 Å². The Morgan fingerprint density at radius 3 is 1.83 bits per heavy atom. The number of hydrogen-bond donors (Lipinski definition) is 1. The van der Waals surface area contributed by atoms with E-state index in [1.807, 2.05) is 48.5 Å². The molecule has 0 aliphatic carbocycles. The van der Waals surface area contributed by atoms with Crippen LogP contribution in [0.1, 0.15) is 20.3 Å². The normalized spacial score (nSPS) is 10.9. The molecule has 0 fully saturated rings. The Bertz CT molecular complexity index is 894. The van der Waals surface area contributed by atoms with Crippen LogP contribution in [-0.4, -0.2) is 36.9 Å². The maximum absolute atomic E-state index is 11.3. The first kappa shape index (κ1) is 22.7. The number of carboxylic acid groups (broad SMARTS) is 1. The van der Waals surface area contributed by atoms with Crippen molar-refractivity contribution in [2.75, 3.05) is 19.8 Å². The SMILES string of the molecule is C=C(C)C(=O)OCCOc1ccc(-c2ccc(OCCC=C(C)C(=O)O)cc2)cc1. The molecule has 6 heteroatoms. The molecule has 0 heterocycles. The lowest BCUT2D eigenvalue weighted by atomic mass is 10.1. The van der Waals surface area contributed by atoms with E-state index in [0.717, 1.165) is 16.9 Å². The lowest BCUT2D eigenvalue weighted by Gasteiger charge is -2.09. The van der Waals surface area contributed by atoms with Crippen molar-refractivity contribution in [2.45, 2.75) is 20.3 Å². The van der Waals surface area contributed by atoms with E-state index in [1.165, 1.54) is 0 Å². The highest BCUT2D eigenvalue weighted by molar-refractivity contribution is 5.87. The monoisotopic (exact) mass is 410 g/mol. The first-order valence-corrected chi connectivity index (χ1v) is 9.55. The zero-order chi connectivity index (χ0) is 21.9. The summed E-state index contributed by atoms with van der Waals surface area (Å²) in [6, 6.07) is 15.3. The quantitative estimate of drug-likeness (QED) is 0.330. The zero-order valence-corrected chi connectivity index (χ0v) is 17.2. The van der Waals surface area contributed by atoms with Gasteiger partial charge in [-0.1, -0.05) is 36.9 Å². The summed E-state index contributed by atoms with van der Waals surface area (Å²) in [7, 11) is 0. The van der Waals surface area contributed by atoms with Crippen molar-refractivity contribution < 1.29 is 28.9 Å². The Balaban J connectivity index is 1.80. The van der Waals surface area contributed by atoms with Gasteiger partial charge in [0, 0.05) is 17.6 Å². The maximum atomic E-state index is 11.3. The van der Waals surface area contributed by atoms with Gasteiger partial charge in [0.05, 0.1) is 6.61 Å². The first-order valence-electron chi connectivity index (χ1n) is 9.55. The van der Waals surface area contributed by atoms with Crippen LogP contribution in [0.25, 0.3) is 11.1 Å². The number of hydrogen-bond acceptors (Lipinski definition) is 5. The van der Waals surface area contributed by atoms with Gasteiger partial charge in [-0.05, 0) is 49.2 Å². The minimum absolute atomic E-state index is 0.167. The smallest absolute Gasteiger partial charge is 0.333 e. The predicted octanol–water partition coefficient (Wildman–Crippen LogP) is 4.65. The molecule has 2 aromatic rings. The molecule has 0 saturated heterocycles. The summed E-state index contributed by atoms with van der Waals surface area (Å²) in [6.45, 7) is 7.53. The van der Waals surface area contributed by atoms with Crippen molar-refractivity contribution in [3.8, 4) is 22.6 Å². The summed E-state index contributed by atoms with van der Waals surface area (Å²) >= 11 is 0. The van der Waals surface area contributed by atoms with E-state index in [0.29, 0.717) is 29.9 Å². The summed E-state index contributed by atoms with van der Waals surface area (Å²) in [6.07, 6.45) is 2.18. The number of carboxylic acids is 1. The standard InChI is InChI=1S/C24H26O6/c1-17(2)24(27)30-16-15-29-22-12-8-20(9-13-22)19-6-10-21(11-7-19)28-14-4-5-18(3)23(25)26/h5-13H,1,4,14-16H2,2-3H3,(H,25,26). The molecule has 1 N–H and O–H groups in total. The van der Waals surface area contributed by atoms with Gasteiger partial charge in [-0.3, -0.25) is 0 Å². The second kappa shape index (κ2) is 11.5. The van der Waals surface area contributed by atoms with Crippen LogP contribution in [-0.2, 0) is 14.3 Å². The average molecular weight is 410 g/mol. The molecule has 0 unspecified atom stereocenters. The summed E-state index contributed by atoms with van der Waals surface area (Å²) in [5.41, 5.74) is 2.74. The van der Waals surface area contributed by atoms with Crippen molar-refractivity contribution in [1.82, 2.24) is 0 Å². The fourth-order valence-electron chi connectivity index (χ4n) is 2.44. The van der Waals surface area contributed by atoms with Crippen LogP contribution in [0.3, 0.4) is 0 Å². The highest BCUT2D eigenvalue weighted by atomic mass is 16.6. The first-order chi connectivity index (χ1) is 14.4. The van der Waals surface area contributed by atoms with Gasteiger partial charge in [0.1, 0.15) is 24.7 Å². The van der Waals surface area contributed by atoms with Gasteiger partial charge >= 0.3 is 11.9 Å². The number of benzene rings is 2. The molecule has 6 nitrogen and oxygen atoms in total. The maximum Gasteiger partial charge on any atom is 0.333 e. The third-order valence-corrected chi connectivity index (χ3v) is 4.15. The number of carbonyl (C=O) groups is 2. The molecule has 2 rings (SSSR count). The third-order valence-electron chi connectivity index (χ3n) is 4.15. The second-order valence-electron chi connectivity index (χ2n) is 6.64. The molecule has 0 amide bonds. The molecular weight excluding hydrogens is 384 g/mol. The highest BCUT2D eigenvalue weighted by Crippen LogP contribution is 2.24. The van der Waals surface area contributed by atoms with Gasteiger partial charge in [-0.2, -0.15) is 0 Å². The Morgan fingerprint density at radius 1 is 0.867 bits per heavy atom. The minimum Gasteiger partial charge on any atom is -0.493 e. The molecular formula is C24H26O6. The number of esters is 1. The van der Waals surface area contributed by atoms with Crippen LogP contribution in [0.4, 0.5) is 0 Å². The summed E-state index contributed by atoms with van der Waals surface area (Å²) in [5.74, 6) is 0.0781. The van der Waals surface area contributed by atoms with Gasteiger partial charge in [-0.15, -0.1) is 0 Å². The lowest BCUT2D eigenvalue weighted by Crippen LogP contribution is -2.12. The zero-order valence-electron chi connectivity index (χ0n) is 17.2. The Labute approximate surface area is 176 Å². The van der Waals surface area contributed by atoms with Gasteiger partial charge in [-0.25, -0.2) is 9.59 Å². The second-order valence-corrected chi connectivity index (χ2v) is 6.64. The van der Waals surface area contributed by atoms with E-state index in [-0.39, 0.29) is 13.2 Å². The molecule has 0 aliphatic heterocycles. The number of rotatable bonds is 11. The van der Waals surface area contributed by atoms with Gasteiger partial charge in [0.2, 0.25) is 0 Å². The minimum atomic E-state index is -0.915. The van der Waals surface area contributed by atoms with Crippen molar-refractivity contribution in [2.24, 2.45) is 0 Å². The molecule has 0 bridgehead atoms. The molecule has 0 atom stereocenters. The topological polar surface area (TPSA) is 82.1 Å². The Hall–Kier alpha value is -3.54. The summed E-state index contributed by atoms with van der Waals surface area (Å²) < 4.78 is 16.2. The van der Waals surface area contributed by atoms with Crippen molar-refractivity contribution >= 4 is 11.9 Å². The van der Waals surface area contributed by atoms with Crippen LogP contribution < -0.4 is 9.47 Å². The fourth-order valence-corrected chi connectivity index (χ4v) is 2.44. The lowest BCUT2D eigenvalue weighted by molar-refractivity contribution is -0.139. The molecule has 158 valence electrons. The van der Waals surface area contributed by atoms with Crippen LogP contribution in [0.5, 0.6) is 11.5 Å². The molecule has 0 radical (unpaired) electrons. The summed E-state index contributed by atoms with van der Waals surface area (Å²) in [4.78, 5) is 22.0. The van der Waals surface area contributed by atoms with Crippen LogP contribution in [0.15, 0.2) is 72.3 Å². The molecule has 0 spiro atoms. The largest absolute Gasteiger partial charge is 0.493 e. The Kier molecular flexibility index (Phi) is 8.69. The van der Waals surface area contributed by atoms with E-state index < -0.39 is 11.9 Å². The summed E-state index contributed by atoms with van der Waals surface area (Å²) in [5, 5.41) is 8.81. The van der Waals surface area contributed by atoms with Crippen molar-refractivity contribution in [3.05, 3.63) is 72.3 Å². The van der Waals surface area contributed by atoms with E-state index in [9.17, 15) is 9.59 Å². The number of ether oxygens (including phenoxy) is 3. The van der Waals surface area contributed by atoms with Gasteiger partial charge in [0.25, 0.3) is 0 Å². The molecule has 0 saturated carbocycles. The number of carbonyl (C=O) groups excluding carboxylic acids is 1. The van der Waals surface area contributed by atoms with E-state index in [4.69, 9.17) is 19.3 Å². The molecule has 30 heavy (non-hydrogen) atoms. The van der Waals surface area contributed by atoms with E-state index >= 15 is 0 Å². The van der Waals surface area contributed by atoms with Crippen LogP contribution in [0.2, 0.25) is 0 Å². The van der Waals surface area contributed by atoms with Crippen molar-refractivity contribution in [1.29, 1.82) is 0 Å². The predicted molar refractivity (Wildman–Crippen MR) is 115 cm³/mol. The molecule has 0 aliphatic rings. The van der Waals surface area contributed by atoms with Crippen LogP contribution >= 0.6 is 0 Å². The third kappa shape index (κ3) is 7.47. The van der Waals surface area contributed by atoms with Crippen LogP contribution in [0, 0.1) is 0 Å². The average Bonchev–Trinajstić information content (AvgIpc) is 2.74. The van der Waals surface area contributed by atoms with E-state index in [1.54, 1.807) is 19.9 Å². The fraction of sp³-hybridized carbons (Fsp3) is 0.250. The molecule has 2 aromatic carbocycles. The Morgan fingerprint density at radius 2 is 1.37 bits per heavy atom. The highest BCUT2D eigenvalue weighted by Gasteiger charge is 2.04. The molecule has 0 aromatic heterocycles.